The minimum absolute atomic E-state index is 0.115. The van der Waals surface area contributed by atoms with Gasteiger partial charge in [0, 0.05) is 0 Å². The van der Waals surface area contributed by atoms with E-state index in [9.17, 15) is 9.90 Å². The number of aliphatic carboxylic acids is 1. The number of hydrogen-bond acceptors (Lipinski definition) is 1. The fourth-order valence-electron chi connectivity index (χ4n) is 2.85. The Kier molecular flexibility index (Phi) is 7.79. The van der Waals surface area contributed by atoms with Crippen LogP contribution in [0, 0.1) is 11.8 Å². The molecule has 1 atom stereocenters. The van der Waals surface area contributed by atoms with Crippen LogP contribution >= 0.6 is 0 Å². The number of carboxylic acid groups (broad SMARTS) is 1. The fraction of sp³-hybridized carbons (Fsp3) is 0.812. The highest BCUT2D eigenvalue weighted by Crippen LogP contribution is 2.30. The van der Waals surface area contributed by atoms with E-state index >= 15 is 0 Å². The van der Waals surface area contributed by atoms with Gasteiger partial charge in [0.1, 0.15) is 0 Å². The third-order valence-corrected chi connectivity index (χ3v) is 4.05. The molecule has 1 rings (SSSR count). The largest absolute Gasteiger partial charge is 0.481 e. The quantitative estimate of drug-likeness (QED) is 0.448. The minimum atomic E-state index is -0.588. The second kappa shape index (κ2) is 9.18. The van der Waals surface area contributed by atoms with Gasteiger partial charge in [0.25, 0.3) is 0 Å². The molecule has 0 saturated heterocycles. The average Bonchev–Trinajstić information content (AvgIpc) is 2.85. The van der Waals surface area contributed by atoms with E-state index in [4.69, 9.17) is 0 Å². The first-order valence-electron chi connectivity index (χ1n) is 7.63. The molecule has 1 aliphatic rings. The second-order valence-corrected chi connectivity index (χ2v) is 5.56. The van der Waals surface area contributed by atoms with Crippen LogP contribution in [-0.2, 0) is 4.79 Å². The van der Waals surface area contributed by atoms with E-state index in [0.717, 1.165) is 25.7 Å². The van der Waals surface area contributed by atoms with E-state index in [0.29, 0.717) is 5.92 Å². The zero-order valence-electron chi connectivity index (χ0n) is 11.7. The Hall–Kier alpha value is -0.790. The lowest BCUT2D eigenvalue weighted by atomic mass is 9.86. The van der Waals surface area contributed by atoms with Gasteiger partial charge in [-0.3, -0.25) is 4.79 Å². The summed E-state index contributed by atoms with van der Waals surface area (Å²) in [5.41, 5.74) is 0. The minimum Gasteiger partial charge on any atom is -0.481 e. The maximum absolute atomic E-state index is 11.3. The van der Waals surface area contributed by atoms with Gasteiger partial charge in [-0.1, -0.05) is 64.0 Å². The third kappa shape index (κ3) is 5.70. The molecule has 0 fully saturated rings. The van der Waals surface area contributed by atoms with Crippen molar-refractivity contribution < 1.29 is 9.90 Å². The van der Waals surface area contributed by atoms with Gasteiger partial charge >= 0.3 is 5.97 Å². The Morgan fingerprint density at radius 3 is 2.22 bits per heavy atom. The third-order valence-electron chi connectivity index (χ3n) is 4.05. The van der Waals surface area contributed by atoms with E-state index in [1.54, 1.807) is 0 Å². The maximum Gasteiger partial charge on any atom is 0.306 e. The number of hydrogen-bond donors (Lipinski definition) is 1. The lowest BCUT2D eigenvalue weighted by molar-refractivity contribution is -0.143. The fourth-order valence-corrected chi connectivity index (χ4v) is 2.85. The normalized spacial score (nSPS) is 17.2. The molecule has 1 N–H and O–H groups in total. The van der Waals surface area contributed by atoms with Crippen LogP contribution in [-0.4, -0.2) is 11.1 Å². The van der Waals surface area contributed by atoms with Gasteiger partial charge in [0.2, 0.25) is 0 Å². The zero-order chi connectivity index (χ0) is 13.2. The van der Waals surface area contributed by atoms with Gasteiger partial charge in [-0.25, -0.2) is 0 Å². The molecule has 104 valence electrons. The summed E-state index contributed by atoms with van der Waals surface area (Å²) >= 11 is 0. The summed E-state index contributed by atoms with van der Waals surface area (Å²) in [6, 6.07) is 0. The highest BCUT2D eigenvalue weighted by atomic mass is 16.4. The molecular formula is C16H28O2. The van der Waals surface area contributed by atoms with Crippen LogP contribution in [0.2, 0.25) is 0 Å². The summed E-state index contributed by atoms with van der Waals surface area (Å²) in [4.78, 5) is 11.3. The molecule has 0 aliphatic heterocycles. The van der Waals surface area contributed by atoms with Crippen molar-refractivity contribution in [2.75, 3.05) is 0 Å². The van der Waals surface area contributed by atoms with E-state index in [1.807, 2.05) is 0 Å². The maximum atomic E-state index is 11.3. The SMILES string of the molecule is CCCCCCCCCC(C(=O)O)C1CC=CC1. The topological polar surface area (TPSA) is 37.3 Å². The van der Waals surface area contributed by atoms with E-state index in [2.05, 4.69) is 19.1 Å². The molecule has 0 saturated carbocycles. The van der Waals surface area contributed by atoms with Gasteiger partial charge in [-0.15, -0.1) is 0 Å². The monoisotopic (exact) mass is 252 g/mol. The van der Waals surface area contributed by atoms with E-state index in [-0.39, 0.29) is 5.92 Å². The molecule has 0 aromatic carbocycles. The van der Waals surface area contributed by atoms with Crippen molar-refractivity contribution in [2.45, 2.75) is 71.1 Å². The number of unbranched alkanes of at least 4 members (excludes halogenated alkanes) is 6. The van der Waals surface area contributed by atoms with Gasteiger partial charge in [-0.05, 0) is 25.2 Å². The first-order chi connectivity index (χ1) is 8.75. The Morgan fingerprint density at radius 2 is 1.67 bits per heavy atom. The van der Waals surface area contributed by atoms with E-state index in [1.165, 1.54) is 38.5 Å². The number of rotatable bonds is 10. The summed E-state index contributed by atoms with van der Waals surface area (Å²) in [5, 5.41) is 9.28. The summed E-state index contributed by atoms with van der Waals surface area (Å²) in [5.74, 6) is -0.340. The predicted molar refractivity (Wildman–Crippen MR) is 75.6 cm³/mol. The molecular weight excluding hydrogens is 224 g/mol. The number of carbonyl (C=O) groups is 1. The lowest BCUT2D eigenvalue weighted by Gasteiger charge is -2.18. The highest BCUT2D eigenvalue weighted by molar-refractivity contribution is 5.70. The van der Waals surface area contributed by atoms with Crippen LogP contribution in [0.25, 0.3) is 0 Å². The number of carboxylic acids is 1. The standard InChI is InChI=1S/C16H28O2/c1-2-3-4-5-6-7-8-13-15(16(17)18)14-11-9-10-12-14/h9-10,14-15H,2-8,11-13H2,1H3,(H,17,18). The first-order valence-corrected chi connectivity index (χ1v) is 7.63. The van der Waals surface area contributed by atoms with Crippen molar-refractivity contribution in [1.29, 1.82) is 0 Å². The Labute approximate surface area is 111 Å². The van der Waals surface area contributed by atoms with Crippen LogP contribution in [0.15, 0.2) is 12.2 Å². The zero-order valence-corrected chi connectivity index (χ0v) is 11.7. The first kappa shape index (κ1) is 15.3. The molecule has 0 bridgehead atoms. The molecule has 0 heterocycles. The molecule has 2 heteroatoms. The van der Waals surface area contributed by atoms with Gasteiger partial charge in [-0.2, -0.15) is 0 Å². The molecule has 2 nitrogen and oxygen atoms in total. The van der Waals surface area contributed by atoms with Crippen LogP contribution in [0.1, 0.15) is 71.1 Å². The Morgan fingerprint density at radius 1 is 1.11 bits per heavy atom. The van der Waals surface area contributed by atoms with Gasteiger partial charge in [0.15, 0.2) is 0 Å². The van der Waals surface area contributed by atoms with Crippen LogP contribution in [0.3, 0.4) is 0 Å². The average molecular weight is 252 g/mol. The predicted octanol–water partition coefficient (Wildman–Crippen LogP) is 4.79. The van der Waals surface area contributed by atoms with E-state index < -0.39 is 5.97 Å². The van der Waals surface area contributed by atoms with Crippen LogP contribution < -0.4 is 0 Å². The molecule has 1 unspecified atom stereocenters. The van der Waals surface area contributed by atoms with Crippen molar-refractivity contribution in [3.8, 4) is 0 Å². The Balaban J connectivity index is 2.09. The smallest absolute Gasteiger partial charge is 0.306 e. The summed E-state index contributed by atoms with van der Waals surface area (Å²) in [7, 11) is 0. The molecule has 0 radical (unpaired) electrons. The molecule has 1 aliphatic carbocycles. The van der Waals surface area contributed by atoms with Crippen LogP contribution in [0.4, 0.5) is 0 Å². The van der Waals surface area contributed by atoms with Gasteiger partial charge < -0.3 is 5.11 Å². The highest BCUT2D eigenvalue weighted by Gasteiger charge is 2.27. The molecule has 0 spiro atoms. The summed E-state index contributed by atoms with van der Waals surface area (Å²) in [6.45, 7) is 2.23. The van der Waals surface area contributed by atoms with Crippen LogP contribution in [0.5, 0.6) is 0 Å². The van der Waals surface area contributed by atoms with Crippen molar-refractivity contribution in [2.24, 2.45) is 11.8 Å². The molecule has 18 heavy (non-hydrogen) atoms. The summed E-state index contributed by atoms with van der Waals surface area (Å²) in [6.07, 6.45) is 15.9. The van der Waals surface area contributed by atoms with Crippen molar-refractivity contribution >= 4 is 5.97 Å². The number of allylic oxidation sites excluding steroid dienone is 2. The molecule has 0 aromatic heterocycles. The van der Waals surface area contributed by atoms with Crippen molar-refractivity contribution in [3.63, 3.8) is 0 Å². The summed E-state index contributed by atoms with van der Waals surface area (Å²) < 4.78 is 0. The molecule has 0 amide bonds. The van der Waals surface area contributed by atoms with Crippen molar-refractivity contribution in [3.05, 3.63) is 12.2 Å². The second-order valence-electron chi connectivity index (χ2n) is 5.56. The lowest BCUT2D eigenvalue weighted by Crippen LogP contribution is -2.21. The van der Waals surface area contributed by atoms with Crippen molar-refractivity contribution in [1.82, 2.24) is 0 Å². The molecule has 0 aromatic rings. The van der Waals surface area contributed by atoms with Gasteiger partial charge in [0.05, 0.1) is 5.92 Å². The Bertz CT molecular complexity index is 250.